The van der Waals surface area contributed by atoms with E-state index in [1.807, 2.05) is 11.3 Å². The highest BCUT2D eigenvalue weighted by atomic mass is 32.1. The van der Waals surface area contributed by atoms with Crippen LogP contribution in [0.3, 0.4) is 0 Å². The average molecular weight is 467 g/mol. The summed E-state index contributed by atoms with van der Waals surface area (Å²) in [4.78, 5) is 5.46. The predicted molar refractivity (Wildman–Crippen MR) is 145 cm³/mol. The molecule has 2 nitrogen and oxygen atoms in total. The van der Waals surface area contributed by atoms with E-state index in [9.17, 15) is 0 Å². The Bertz CT molecular complexity index is 1190. The second-order valence-electron chi connectivity index (χ2n) is 10.3. The van der Waals surface area contributed by atoms with Crippen LogP contribution in [0.25, 0.3) is 10.8 Å². The molecular formula is C31H34N2S. The van der Waals surface area contributed by atoms with E-state index in [1.165, 1.54) is 67.5 Å². The van der Waals surface area contributed by atoms with Crippen LogP contribution in [0.1, 0.15) is 41.4 Å². The van der Waals surface area contributed by atoms with Crippen molar-refractivity contribution >= 4 is 22.1 Å². The van der Waals surface area contributed by atoms with Gasteiger partial charge in [0.25, 0.3) is 0 Å². The van der Waals surface area contributed by atoms with Gasteiger partial charge in [-0.1, -0.05) is 66.7 Å². The number of piperidine rings is 1. The molecular weight excluding hydrogens is 432 g/mol. The lowest BCUT2D eigenvalue weighted by atomic mass is 9.87. The Morgan fingerprint density at radius 2 is 1.53 bits per heavy atom. The Hall–Kier alpha value is -2.46. The smallest absolute Gasteiger partial charge is 0.0234 e. The van der Waals surface area contributed by atoms with Crippen molar-refractivity contribution < 1.29 is 0 Å². The highest BCUT2D eigenvalue weighted by Crippen LogP contribution is 2.36. The number of hydrogen-bond donors (Lipinski definition) is 0. The van der Waals surface area contributed by atoms with E-state index in [0.717, 1.165) is 12.5 Å². The number of benzene rings is 3. The van der Waals surface area contributed by atoms with Crippen molar-refractivity contribution in [1.82, 2.24) is 9.80 Å². The van der Waals surface area contributed by atoms with Gasteiger partial charge < -0.3 is 4.90 Å². The van der Waals surface area contributed by atoms with Gasteiger partial charge in [0.2, 0.25) is 0 Å². The van der Waals surface area contributed by atoms with Crippen molar-refractivity contribution in [3.8, 4) is 0 Å². The van der Waals surface area contributed by atoms with Crippen LogP contribution in [-0.4, -0.2) is 42.5 Å². The lowest BCUT2D eigenvalue weighted by Gasteiger charge is -2.34. The van der Waals surface area contributed by atoms with Crippen LogP contribution >= 0.6 is 11.3 Å². The molecule has 1 aromatic heterocycles. The molecule has 0 N–H and O–H groups in total. The summed E-state index contributed by atoms with van der Waals surface area (Å²) in [5.74, 6) is 2.10. The fourth-order valence-corrected chi connectivity index (χ4v) is 6.96. The van der Waals surface area contributed by atoms with Crippen LogP contribution in [0, 0.1) is 5.92 Å². The number of fused-ring (bicyclic) bond motifs is 1. The molecule has 0 amide bonds. The second-order valence-corrected chi connectivity index (χ2v) is 11.1. The Morgan fingerprint density at radius 3 is 2.32 bits per heavy atom. The molecule has 0 spiro atoms. The summed E-state index contributed by atoms with van der Waals surface area (Å²) in [6, 6.07) is 29.2. The molecule has 2 aliphatic heterocycles. The van der Waals surface area contributed by atoms with E-state index in [0.29, 0.717) is 11.8 Å². The van der Waals surface area contributed by atoms with Gasteiger partial charge in [-0.3, -0.25) is 4.90 Å². The summed E-state index contributed by atoms with van der Waals surface area (Å²) in [6.45, 7) is 7.13. The standard InChI is InChI=1S/C31H34N2S/c1-2-6-25(7-3-1)27-12-15-32(16-13-27)20-30-21-33(22-31(30)29-14-17-34-23-29)19-24-10-11-26-8-4-5-9-28(26)18-24/h1-11,14,17-18,23,27,30-31H,12-13,15-16,19-22H2/t30?,31-/m0/s1. The van der Waals surface area contributed by atoms with E-state index in [4.69, 9.17) is 0 Å². The second kappa shape index (κ2) is 10.0. The van der Waals surface area contributed by atoms with Crippen LogP contribution < -0.4 is 0 Å². The number of thiophene rings is 1. The van der Waals surface area contributed by atoms with Gasteiger partial charge in [0.05, 0.1) is 0 Å². The molecule has 3 heterocycles. The van der Waals surface area contributed by atoms with E-state index in [-0.39, 0.29) is 0 Å². The van der Waals surface area contributed by atoms with Gasteiger partial charge in [0, 0.05) is 32.1 Å². The monoisotopic (exact) mass is 466 g/mol. The summed E-state index contributed by atoms with van der Waals surface area (Å²) in [5.41, 5.74) is 4.52. The van der Waals surface area contributed by atoms with E-state index in [1.54, 1.807) is 5.56 Å². The van der Waals surface area contributed by atoms with Crippen LogP contribution in [0.2, 0.25) is 0 Å². The molecule has 0 saturated carbocycles. The molecule has 0 aliphatic carbocycles. The first-order valence-electron chi connectivity index (χ1n) is 12.8. The molecule has 2 saturated heterocycles. The van der Waals surface area contributed by atoms with E-state index in [2.05, 4.69) is 99.4 Å². The number of nitrogens with zero attached hydrogens (tertiary/aromatic N) is 2. The lowest BCUT2D eigenvalue weighted by Crippen LogP contribution is -2.38. The quantitative estimate of drug-likeness (QED) is 0.302. The Labute approximate surface area is 207 Å². The maximum Gasteiger partial charge on any atom is 0.0234 e. The largest absolute Gasteiger partial charge is 0.303 e. The van der Waals surface area contributed by atoms with Gasteiger partial charge in [-0.25, -0.2) is 0 Å². The maximum absolute atomic E-state index is 2.75. The first-order chi connectivity index (χ1) is 16.8. The normalized spacial score (nSPS) is 22.5. The molecule has 0 bridgehead atoms. The topological polar surface area (TPSA) is 6.48 Å². The first kappa shape index (κ1) is 22.0. The zero-order valence-corrected chi connectivity index (χ0v) is 20.7. The van der Waals surface area contributed by atoms with Crippen molar-refractivity contribution in [3.63, 3.8) is 0 Å². The Morgan fingerprint density at radius 1 is 0.735 bits per heavy atom. The van der Waals surface area contributed by atoms with Crippen LogP contribution in [0.4, 0.5) is 0 Å². The summed E-state index contributed by atoms with van der Waals surface area (Å²) in [5, 5.41) is 7.33. The zero-order valence-electron chi connectivity index (χ0n) is 19.9. The SMILES string of the molecule is c1ccc(C2CCN(CC3CN(Cc4ccc5ccccc5c4)C[C@H]3c3ccsc3)CC2)cc1. The molecule has 3 aromatic carbocycles. The minimum atomic E-state index is 0.651. The summed E-state index contributed by atoms with van der Waals surface area (Å²) in [6.07, 6.45) is 2.58. The molecule has 1 unspecified atom stereocenters. The third-order valence-electron chi connectivity index (χ3n) is 8.06. The van der Waals surface area contributed by atoms with Crippen molar-refractivity contribution in [3.05, 3.63) is 106 Å². The van der Waals surface area contributed by atoms with Crippen molar-refractivity contribution in [2.45, 2.75) is 31.2 Å². The third-order valence-corrected chi connectivity index (χ3v) is 8.76. The zero-order chi connectivity index (χ0) is 22.7. The highest BCUT2D eigenvalue weighted by Gasteiger charge is 2.35. The minimum absolute atomic E-state index is 0.651. The molecule has 34 heavy (non-hydrogen) atoms. The van der Waals surface area contributed by atoms with Gasteiger partial charge >= 0.3 is 0 Å². The minimum Gasteiger partial charge on any atom is -0.303 e. The van der Waals surface area contributed by atoms with Gasteiger partial charge in [-0.2, -0.15) is 11.3 Å². The lowest BCUT2D eigenvalue weighted by molar-refractivity contribution is 0.177. The third kappa shape index (κ3) is 4.84. The molecule has 2 atom stereocenters. The number of hydrogen-bond acceptors (Lipinski definition) is 3. The van der Waals surface area contributed by atoms with Gasteiger partial charge in [0.1, 0.15) is 0 Å². The molecule has 2 fully saturated rings. The average Bonchev–Trinajstić information content (AvgIpc) is 3.55. The molecule has 2 aliphatic rings. The van der Waals surface area contributed by atoms with Crippen LogP contribution in [-0.2, 0) is 6.54 Å². The van der Waals surface area contributed by atoms with Gasteiger partial charge in [-0.05, 0) is 88.1 Å². The van der Waals surface area contributed by atoms with Gasteiger partial charge in [-0.15, -0.1) is 0 Å². The van der Waals surface area contributed by atoms with Crippen LogP contribution in [0.5, 0.6) is 0 Å². The molecule has 6 rings (SSSR count). The van der Waals surface area contributed by atoms with E-state index < -0.39 is 0 Å². The fraction of sp³-hybridized carbons (Fsp3) is 0.355. The van der Waals surface area contributed by atoms with Gasteiger partial charge in [0.15, 0.2) is 0 Å². The summed E-state index contributed by atoms with van der Waals surface area (Å²) in [7, 11) is 0. The highest BCUT2D eigenvalue weighted by molar-refractivity contribution is 7.08. The molecule has 3 heteroatoms. The molecule has 174 valence electrons. The molecule has 4 aromatic rings. The predicted octanol–water partition coefficient (Wildman–Crippen LogP) is 7.00. The maximum atomic E-state index is 2.75. The number of likely N-dealkylation sites (tertiary alicyclic amines) is 2. The number of rotatable bonds is 6. The summed E-state index contributed by atoms with van der Waals surface area (Å²) < 4.78 is 0. The van der Waals surface area contributed by atoms with Crippen LogP contribution in [0.15, 0.2) is 89.6 Å². The van der Waals surface area contributed by atoms with Crippen molar-refractivity contribution in [2.75, 3.05) is 32.7 Å². The molecule has 0 radical (unpaired) electrons. The van der Waals surface area contributed by atoms with Crippen molar-refractivity contribution in [2.24, 2.45) is 5.92 Å². The van der Waals surface area contributed by atoms with E-state index >= 15 is 0 Å². The Kier molecular flexibility index (Phi) is 6.50. The summed E-state index contributed by atoms with van der Waals surface area (Å²) >= 11 is 1.85. The first-order valence-corrected chi connectivity index (χ1v) is 13.8. The van der Waals surface area contributed by atoms with Crippen molar-refractivity contribution in [1.29, 1.82) is 0 Å². The Balaban J connectivity index is 1.12. The fourth-order valence-electron chi connectivity index (χ4n) is 6.24.